The third kappa shape index (κ3) is 2.25. The van der Waals surface area contributed by atoms with Crippen molar-refractivity contribution in [2.45, 2.75) is 13.0 Å². The molecule has 1 aromatic heterocycles. The predicted octanol–water partition coefficient (Wildman–Crippen LogP) is 2.79. The number of carbonyl (C=O) groups is 1. The summed E-state index contributed by atoms with van der Waals surface area (Å²) >= 11 is 0. The van der Waals surface area contributed by atoms with Gasteiger partial charge < -0.3 is 14.3 Å². The van der Waals surface area contributed by atoms with Crippen molar-refractivity contribution >= 4 is 27.9 Å². The van der Waals surface area contributed by atoms with Crippen LogP contribution < -0.4 is 5.43 Å². The summed E-state index contributed by atoms with van der Waals surface area (Å²) in [5.74, 6) is -0.508. The van der Waals surface area contributed by atoms with E-state index in [1.165, 1.54) is 13.2 Å². The molecule has 0 aliphatic rings. The zero-order valence-corrected chi connectivity index (χ0v) is 12.1. The lowest BCUT2D eigenvalue weighted by Crippen LogP contribution is -2.06. The lowest BCUT2D eigenvalue weighted by molar-refractivity contribution is 0.0601. The highest BCUT2D eigenvalue weighted by atomic mass is 16.5. The molecule has 112 valence electrons. The Balaban J connectivity index is 2.31. The lowest BCUT2D eigenvalue weighted by Gasteiger charge is -2.07. The van der Waals surface area contributed by atoms with Crippen LogP contribution in [0.25, 0.3) is 21.9 Å². The van der Waals surface area contributed by atoms with Crippen LogP contribution in [-0.2, 0) is 4.74 Å². The molecule has 0 saturated heterocycles. The van der Waals surface area contributed by atoms with E-state index >= 15 is 0 Å². The van der Waals surface area contributed by atoms with Crippen LogP contribution in [0.1, 0.15) is 28.9 Å². The van der Waals surface area contributed by atoms with Gasteiger partial charge in [-0.3, -0.25) is 4.79 Å². The molecule has 5 nitrogen and oxygen atoms in total. The van der Waals surface area contributed by atoms with Gasteiger partial charge in [0.2, 0.25) is 5.43 Å². The Kier molecular flexibility index (Phi) is 3.42. The third-order valence-electron chi connectivity index (χ3n) is 3.60. The molecule has 0 aliphatic heterocycles. The van der Waals surface area contributed by atoms with Crippen LogP contribution in [0.4, 0.5) is 0 Å². The van der Waals surface area contributed by atoms with Gasteiger partial charge in [-0.15, -0.1) is 0 Å². The summed E-state index contributed by atoms with van der Waals surface area (Å²) in [7, 11) is 1.28. The van der Waals surface area contributed by atoms with Gasteiger partial charge in [0.15, 0.2) is 0 Å². The average molecular weight is 298 g/mol. The number of fused-ring (bicyclic) bond motifs is 2. The van der Waals surface area contributed by atoms with E-state index in [1.807, 2.05) is 0 Å². The van der Waals surface area contributed by atoms with E-state index in [4.69, 9.17) is 4.42 Å². The van der Waals surface area contributed by atoms with Crippen LogP contribution in [0.15, 0.2) is 45.6 Å². The second kappa shape index (κ2) is 5.27. The zero-order chi connectivity index (χ0) is 15.9. The predicted molar refractivity (Wildman–Crippen MR) is 82.0 cm³/mol. The highest BCUT2D eigenvalue weighted by molar-refractivity contribution is 5.96. The van der Waals surface area contributed by atoms with Gasteiger partial charge in [0, 0.05) is 0 Å². The fraction of sp³-hybridized carbons (Fsp3) is 0.176. The summed E-state index contributed by atoms with van der Waals surface area (Å²) in [5, 5.41) is 10.3. The first-order valence-electron chi connectivity index (χ1n) is 6.78. The maximum absolute atomic E-state index is 12.6. The molecule has 2 aromatic carbocycles. The van der Waals surface area contributed by atoms with Crippen molar-refractivity contribution in [1.29, 1.82) is 0 Å². The number of hydrogen-bond acceptors (Lipinski definition) is 5. The van der Waals surface area contributed by atoms with Crippen molar-refractivity contribution in [2.75, 3.05) is 7.11 Å². The van der Waals surface area contributed by atoms with Crippen LogP contribution in [0.5, 0.6) is 0 Å². The van der Waals surface area contributed by atoms with E-state index in [9.17, 15) is 14.7 Å². The average Bonchev–Trinajstić information content (AvgIpc) is 2.53. The van der Waals surface area contributed by atoms with Gasteiger partial charge in [-0.2, -0.15) is 0 Å². The van der Waals surface area contributed by atoms with Crippen molar-refractivity contribution in [1.82, 2.24) is 0 Å². The quantitative estimate of drug-likeness (QED) is 0.581. The molecular weight excluding hydrogens is 284 g/mol. The maximum Gasteiger partial charge on any atom is 0.337 e. The van der Waals surface area contributed by atoms with Gasteiger partial charge >= 0.3 is 5.97 Å². The van der Waals surface area contributed by atoms with Crippen molar-refractivity contribution < 1.29 is 19.1 Å². The first-order valence-corrected chi connectivity index (χ1v) is 6.78. The number of benzene rings is 2. The summed E-state index contributed by atoms with van der Waals surface area (Å²) in [4.78, 5) is 24.1. The fourth-order valence-corrected chi connectivity index (χ4v) is 2.38. The molecule has 3 rings (SSSR count). The largest absolute Gasteiger partial charge is 0.465 e. The van der Waals surface area contributed by atoms with E-state index < -0.39 is 12.1 Å². The minimum atomic E-state index is -0.646. The first kappa shape index (κ1) is 14.3. The second-order valence-corrected chi connectivity index (χ2v) is 5.07. The van der Waals surface area contributed by atoms with Gasteiger partial charge in [0.25, 0.3) is 0 Å². The van der Waals surface area contributed by atoms with Gasteiger partial charge in [-0.25, -0.2) is 4.79 Å². The van der Waals surface area contributed by atoms with E-state index in [0.29, 0.717) is 33.1 Å². The molecule has 22 heavy (non-hydrogen) atoms. The highest BCUT2D eigenvalue weighted by Crippen LogP contribution is 2.23. The zero-order valence-electron chi connectivity index (χ0n) is 12.1. The van der Waals surface area contributed by atoms with Gasteiger partial charge in [-0.1, -0.05) is 6.07 Å². The van der Waals surface area contributed by atoms with Crippen molar-refractivity contribution in [2.24, 2.45) is 0 Å². The molecule has 5 heteroatoms. The summed E-state index contributed by atoms with van der Waals surface area (Å²) in [5.41, 5.74) is 1.53. The molecule has 0 aliphatic carbocycles. The molecule has 3 aromatic rings. The van der Waals surface area contributed by atoms with Crippen molar-refractivity contribution in [3.8, 4) is 0 Å². The van der Waals surface area contributed by atoms with Crippen LogP contribution in [0.3, 0.4) is 0 Å². The van der Waals surface area contributed by atoms with Crippen molar-refractivity contribution in [3.05, 3.63) is 57.7 Å². The minimum absolute atomic E-state index is 0.223. The number of ether oxygens (including phenoxy) is 1. The number of carbonyl (C=O) groups excluding carboxylic acids is 1. The molecule has 0 saturated carbocycles. The number of methoxy groups -OCH3 is 1. The fourth-order valence-electron chi connectivity index (χ4n) is 2.38. The first-order chi connectivity index (χ1) is 10.5. The second-order valence-electron chi connectivity index (χ2n) is 5.07. The monoisotopic (exact) mass is 298 g/mol. The maximum atomic E-state index is 12.6. The standard InChI is InChI=1S/C17H14O5/c1-9(18)10-3-5-12-15(8-10)22-14-6-4-11(17(20)21-2)7-13(14)16(12)19/h3-9,18H,1-2H3. The minimum Gasteiger partial charge on any atom is -0.465 e. The Labute approximate surface area is 125 Å². The molecule has 1 unspecified atom stereocenters. The van der Waals surface area contributed by atoms with Gasteiger partial charge in [-0.05, 0) is 42.8 Å². The number of esters is 1. The topological polar surface area (TPSA) is 76.7 Å². The van der Waals surface area contributed by atoms with Gasteiger partial charge in [0.1, 0.15) is 11.2 Å². The number of aliphatic hydroxyl groups is 1. The van der Waals surface area contributed by atoms with Crippen LogP contribution in [-0.4, -0.2) is 18.2 Å². The summed E-state index contributed by atoms with van der Waals surface area (Å²) in [6, 6.07) is 9.52. The van der Waals surface area contributed by atoms with E-state index in [-0.39, 0.29) is 5.43 Å². The summed E-state index contributed by atoms with van der Waals surface area (Å²) in [6.07, 6.45) is -0.646. The van der Waals surface area contributed by atoms with E-state index in [1.54, 1.807) is 37.3 Å². The Morgan fingerprint density at radius 1 is 1.14 bits per heavy atom. The molecule has 0 radical (unpaired) electrons. The SMILES string of the molecule is COC(=O)c1ccc2oc3cc(C(C)O)ccc3c(=O)c2c1. The van der Waals surface area contributed by atoms with E-state index in [2.05, 4.69) is 4.74 Å². The molecule has 0 spiro atoms. The molecule has 0 fully saturated rings. The normalized spacial score (nSPS) is 12.5. The smallest absolute Gasteiger partial charge is 0.337 e. The number of hydrogen-bond donors (Lipinski definition) is 1. The molecule has 0 amide bonds. The molecule has 1 atom stereocenters. The third-order valence-corrected chi connectivity index (χ3v) is 3.60. The Hall–Kier alpha value is -2.66. The Bertz CT molecular complexity index is 937. The summed E-state index contributed by atoms with van der Waals surface area (Å²) in [6.45, 7) is 1.64. The molecule has 0 bridgehead atoms. The van der Waals surface area contributed by atoms with Crippen LogP contribution in [0.2, 0.25) is 0 Å². The van der Waals surface area contributed by atoms with Crippen LogP contribution in [0, 0.1) is 0 Å². The van der Waals surface area contributed by atoms with E-state index in [0.717, 1.165) is 0 Å². The number of rotatable bonds is 2. The summed E-state index contributed by atoms with van der Waals surface area (Å²) < 4.78 is 10.4. The van der Waals surface area contributed by atoms with Crippen molar-refractivity contribution in [3.63, 3.8) is 0 Å². The highest BCUT2D eigenvalue weighted by Gasteiger charge is 2.13. The van der Waals surface area contributed by atoms with Crippen LogP contribution >= 0.6 is 0 Å². The Morgan fingerprint density at radius 2 is 1.91 bits per heavy atom. The molecule has 1 heterocycles. The molecular formula is C17H14O5. The number of aliphatic hydroxyl groups excluding tert-OH is 1. The van der Waals surface area contributed by atoms with Gasteiger partial charge in [0.05, 0.1) is 29.5 Å². The molecule has 1 N–H and O–H groups in total. The lowest BCUT2D eigenvalue weighted by atomic mass is 10.1. The Morgan fingerprint density at radius 3 is 2.59 bits per heavy atom.